The van der Waals surface area contributed by atoms with Crippen molar-refractivity contribution in [2.45, 2.75) is 38.6 Å². The van der Waals surface area contributed by atoms with Crippen LogP contribution in [-0.4, -0.2) is 75.6 Å². The van der Waals surface area contributed by atoms with Gasteiger partial charge in [0, 0.05) is 44.2 Å². The van der Waals surface area contributed by atoms with E-state index < -0.39 is 5.82 Å². The van der Waals surface area contributed by atoms with E-state index in [-0.39, 0.29) is 40.0 Å². The molecule has 1 aliphatic carbocycles. The first-order valence-corrected chi connectivity index (χ1v) is 13.8. The van der Waals surface area contributed by atoms with Gasteiger partial charge in [-0.05, 0) is 51.0 Å². The van der Waals surface area contributed by atoms with Crippen molar-refractivity contribution in [3.63, 3.8) is 0 Å². The Balaban J connectivity index is 1.69. The third-order valence-corrected chi connectivity index (χ3v) is 7.78. The van der Waals surface area contributed by atoms with E-state index in [4.69, 9.17) is 16.6 Å². The molecule has 11 heteroatoms. The van der Waals surface area contributed by atoms with Gasteiger partial charge in [-0.2, -0.15) is 0 Å². The normalized spacial score (nSPS) is 17.4. The lowest BCUT2D eigenvalue weighted by atomic mass is 10.1. The second-order valence-electron chi connectivity index (χ2n) is 10.2. The van der Waals surface area contributed by atoms with Crippen LogP contribution >= 0.6 is 11.6 Å². The number of amides is 2. The van der Waals surface area contributed by atoms with Crippen LogP contribution in [0, 0.1) is 12.7 Å². The maximum atomic E-state index is 15.0. The van der Waals surface area contributed by atoms with Crippen molar-refractivity contribution in [2.75, 3.05) is 31.6 Å². The van der Waals surface area contributed by atoms with Crippen molar-refractivity contribution < 1.29 is 14.0 Å². The maximum Gasteiger partial charge on any atom is 0.246 e. The third kappa shape index (κ3) is 5.44. The summed E-state index contributed by atoms with van der Waals surface area (Å²) in [5.74, 6) is 0.371. The molecular formula is C30H31ClFN7O2. The van der Waals surface area contributed by atoms with E-state index in [0.29, 0.717) is 48.8 Å². The number of rotatable bonds is 7. The quantitative estimate of drug-likeness (QED) is 0.172. The number of anilines is 2. The van der Waals surface area contributed by atoms with E-state index in [1.165, 1.54) is 23.4 Å². The highest BCUT2D eigenvalue weighted by Crippen LogP contribution is 2.45. The predicted molar refractivity (Wildman–Crippen MR) is 157 cm³/mol. The zero-order valence-corrected chi connectivity index (χ0v) is 24.0. The van der Waals surface area contributed by atoms with Crippen molar-refractivity contribution in [2.24, 2.45) is 4.99 Å². The van der Waals surface area contributed by atoms with Crippen LogP contribution in [0.5, 0.6) is 0 Å². The molecule has 3 heterocycles. The van der Waals surface area contributed by atoms with E-state index in [0.717, 1.165) is 18.5 Å². The van der Waals surface area contributed by atoms with Gasteiger partial charge in [0.1, 0.15) is 18.0 Å². The van der Waals surface area contributed by atoms with Gasteiger partial charge in [0.05, 0.1) is 33.4 Å². The van der Waals surface area contributed by atoms with Crippen LogP contribution in [0.15, 0.2) is 54.3 Å². The Morgan fingerprint density at radius 2 is 2.00 bits per heavy atom. The molecule has 5 rings (SSSR count). The minimum atomic E-state index is -0.489. The molecule has 212 valence electrons. The predicted octanol–water partition coefficient (Wildman–Crippen LogP) is 4.91. The average Bonchev–Trinajstić information content (AvgIpc) is 3.82. The third-order valence-electron chi connectivity index (χ3n) is 7.50. The molecule has 9 nitrogen and oxygen atoms in total. The van der Waals surface area contributed by atoms with E-state index in [1.807, 2.05) is 13.8 Å². The molecule has 1 saturated heterocycles. The number of amidine groups is 1. The number of aromatic nitrogens is 3. The lowest BCUT2D eigenvalue weighted by molar-refractivity contribution is -0.128. The smallest absolute Gasteiger partial charge is 0.246 e. The maximum absolute atomic E-state index is 15.0. The SMILES string of the molecule is C=CC(=O)N1CCN(/C(=N/C)c2cc(Cl)c(-c3ccccc3F)nc2N(C=O)c2c(C)ncnc2C2CC2)C(C)C1. The fourth-order valence-electron chi connectivity index (χ4n) is 5.32. The van der Waals surface area contributed by atoms with Crippen LogP contribution in [0.25, 0.3) is 11.3 Å². The second kappa shape index (κ2) is 11.7. The standard InChI is InChI=1S/C30H31ClFN7O2/c1-5-25(41)37-12-13-38(18(2)15-37)29(33-4)22-14-23(31)27(21-8-6-7-9-24(21)32)36-30(22)39(17-40)28-19(3)34-16-35-26(28)20-10-11-20/h5-9,14,16-18,20H,1,10-13,15H2,2-4H3/b33-29+. The number of carbonyl (C=O) groups is 2. The minimum absolute atomic E-state index is 0.113. The number of hydrogen-bond donors (Lipinski definition) is 0. The number of halogens is 2. The molecule has 1 saturated carbocycles. The van der Waals surface area contributed by atoms with Crippen molar-refractivity contribution in [1.82, 2.24) is 24.8 Å². The van der Waals surface area contributed by atoms with E-state index in [2.05, 4.69) is 26.4 Å². The summed E-state index contributed by atoms with van der Waals surface area (Å²) in [7, 11) is 1.66. The Bertz CT molecular complexity index is 1540. The molecular weight excluding hydrogens is 545 g/mol. The first kappa shape index (κ1) is 28.4. The fourth-order valence-corrected chi connectivity index (χ4v) is 5.57. The molecule has 0 spiro atoms. The largest absolute Gasteiger partial charge is 0.350 e. The van der Waals surface area contributed by atoms with Gasteiger partial charge in [-0.3, -0.25) is 19.5 Å². The Morgan fingerprint density at radius 1 is 1.24 bits per heavy atom. The molecule has 1 aromatic carbocycles. The zero-order valence-electron chi connectivity index (χ0n) is 23.2. The van der Waals surface area contributed by atoms with E-state index in [9.17, 15) is 14.0 Å². The number of pyridine rings is 1. The van der Waals surface area contributed by atoms with Crippen molar-refractivity contribution in [1.29, 1.82) is 0 Å². The number of aliphatic imine (C=N–C) groups is 1. The van der Waals surface area contributed by atoms with Gasteiger partial charge >= 0.3 is 0 Å². The Kier molecular flexibility index (Phi) is 8.12. The summed E-state index contributed by atoms with van der Waals surface area (Å²) in [4.78, 5) is 48.8. The number of carbonyl (C=O) groups excluding carboxylic acids is 2. The summed E-state index contributed by atoms with van der Waals surface area (Å²) in [6.07, 6.45) is 5.42. The van der Waals surface area contributed by atoms with Gasteiger partial charge in [-0.1, -0.05) is 30.3 Å². The van der Waals surface area contributed by atoms with Gasteiger partial charge < -0.3 is 9.80 Å². The highest BCUT2D eigenvalue weighted by Gasteiger charge is 2.35. The van der Waals surface area contributed by atoms with Gasteiger partial charge in [0.25, 0.3) is 0 Å². The van der Waals surface area contributed by atoms with Crippen LogP contribution in [0.1, 0.15) is 42.6 Å². The van der Waals surface area contributed by atoms with Crippen molar-refractivity contribution >= 4 is 41.3 Å². The number of benzene rings is 1. The Morgan fingerprint density at radius 3 is 2.63 bits per heavy atom. The minimum Gasteiger partial charge on any atom is -0.350 e. The summed E-state index contributed by atoms with van der Waals surface area (Å²) in [6.45, 7) is 8.83. The highest BCUT2D eigenvalue weighted by molar-refractivity contribution is 6.33. The second-order valence-corrected chi connectivity index (χ2v) is 10.6. The van der Waals surface area contributed by atoms with Crippen LogP contribution < -0.4 is 4.90 Å². The van der Waals surface area contributed by atoms with Crippen molar-refractivity contribution in [3.8, 4) is 11.3 Å². The number of piperazine rings is 1. The van der Waals surface area contributed by atoms with Gasteiger partial charge in [0.15, 0.2) is 5.82 Å². The summed E-state index contributed by atoms with van der Waals surface area (Å²) >= 11 is 6.79. The topological polar surface area (TPSA) is 94.9 Å². The fraction of sp³-hybridized carbons (Fsp3) is 0.333. The van der Waals surface area contributed by atoms with Crippen molar-refractivity contribution in [3.05, 3.63) is 77.1 Å². The molecule has 3 aromatic rings. The Hall–Kier alpha value is -4.18. The first-order chi connectivity index (χ1) is 19.8. The monoisotopic (exact) mass is 575 g/mol. The Labute approximate surface area is 243 Å². The molecule has 0 radical (unpaired) electrons. The van der Waals surface area contributed by atoms with Crippen LogP contribution in [0.3, 0.4) is 0 Å². The molecule has 1 atom stereocenters. The summed E-state index contributed by atoms with van der Waals surface area (Å²) in [5, 5.41) is 0.206. The molecule has 0 bridgehead atoms. The van der Waals surface area contributed by atoms with Gasteiger partial charge in [-0.25, -0.2) is 19.3 Å². The van der Waals surface area contributed by atoms with Crippen LogP contribution in [0.2, 0.25) is 5.02 Å². The molecule has 1 unspecified atom stereocenters. The number of aryl methyl sites for hydroxylation is 1. The lowest BCUT2D eigenvalue weighted by Gasteiger charge is -2.41. The molecule has 2 fully saturated rings. The molecule has 41 heavy (non-hydrogen) atoms. The number of hydrogen-bond acceptors (Lipinski definition) is 6. The summed E-state index contributed by atoms with van der Waals surface area (Å²) in [6, 6.07) is 7.78. The molecule has 1 aliphatic heterocycles. The molecule has 2 amide bonds. The lowest BCUT2D eigenvalue weighted by Crippen LogP contribution is -2.55. The summed E-state index contributed by atoms with van der Waals surface area (Å²) < 4.78 is 15.0. The first-order valence-electron chi connectivity index (χ1n) is 13.5. The summed E-state index contributed by atoms with van der Waals surface area (Å²) in [5.41, 5.74) is 2.82. The molecule has 0 N–H and O–H groups in total. The van der Waals surface area contributed by atoms with Crippen LogP contribution in [0.4, 0.5) is 15.9 Å². The van der Waals surface area contributed by atoms with Crippen LogP contribution in [-0.2, 0) is 9.59 Å². The highest BCUT2D eigenvalue weighted by atomic mass is 35.5. The van der Waals surface area contributed by atoms with Gasteiger partial charge in [-0.15, -0.1) is 0 Å². The number of nitrogens with zero attached hydrogens (tertiary/aromatic N) is 7. The zero-order chi connectivity index (χ0) is 29.3. The molecule has 2 aliphatic rings. The van der Waals surface area contributed by atoms with Gasteiger partial charge in [0.2, 0.25) is 12.3 Å². The average molecular weight is 576 g/mol. The van der Waals surface area contributed by atoms with E-state index in [1.54, 1.807) is 36.2 Å². The molecule has 2 aromatic heterocycles. The van der Waals surface area contributed by atoms with E-state index >= 15 is 0 Å².